The molecule has 0 aromatic heterocycles. The van der Waals surface area contributed by atoms with Crippen molar-refractivity contribution in [1.82, 2.24) is 0 Å². The van der Waals surface area contributed by atoms with E-state index in [9.17, 15) is 9.59 Å². The summed E-state index contributed by atoms with van der Waals surface area (Å²) in [7, 11) is 0. The Balaban J connectivity index is 2.15. The van der Waals surface area contributed by atoms with Crippen molar-refractivity contribution in [2.24, 2.45) is 5.41 Å². The molecule has 4 heteroatoms. The minimum atomic E-state index is -0.792. The summed E-state index contributed by atoms with van der Waals surface area (Å²) in [4.78, 5) is 23.3. The molecule has 1 saturated carbocycles. The normalized spacial score (nSPS) is 16.6. The predicted octanol–water partition coefficient (Wildman–Crippen LogP) is 2.65. The fraction of sp³-hybridized carbons (Fsp3) is 0.333. The van der Waals surface area contributed by atoms with E-state index in [1.807, 2.05) is 0 Å². The van der Waals surface area contributed by atoms with Crippen molar-refractivity contribution in [3.8, 4) is 0 Å². The number of hydrogen-bond donors (Lipinski definition) is 1. The van der Waals surface area contributed by atoms with Crippen LogP contribution in [0.15, 0.2) is 24.3 Å². The van der Waals surface area contributed by atoms with Crippen molar-refractivity contribution in [1.29, 1.82) is 0 Å². The molecule has 2 rings (SSSR count). The number of benzene rings is 1. The van der Waals surface area contributed by atoms with Gasteiger partial charge in [0, 0.05) is 0 Å². The van der Waals surface area contributed by atoms with Crippen LogP contribution >= 0.6 is 11.6 Å². The summed E-state index contributed by atoms with van der Waals surface area (Å²) < 4.78 is 0. The molecular formula is C12H12ClNO2. The largest absolute Gasteiger partial charge is 0.324 e. The van der Waals surface area contributed by atoms with Crippen molar-refractivity contribution < 1.29 is 9.59 Å². The number of halogens is 1. The number of rotatable bonds is 3. The van der Waals surface area contributed by atoms with Crippen LogP contribution in [-0.4, -0.2) is 11.7 Å². The maximum atomic E-state index is 11.9. The molecule has 0 unspecified atom stereocenters. The summed E-state index contributed by atoms with van der Waals surface area (Å²) in [5.74, 6) is -0.315. The van der Waals surface area contributed by atoms with Crippen LogP contribution in [0.1, 0.15) is 19.8 Å². The molecule has 1 aliphatic carbocycles. The van der Waals surface area contributed by atoms with Crippen molar-refractivity contribution in [2.75, 3.05) is 5.32 Å². The fourth-order valence-corrected chi connectivity index (χ4v) is 1.85. The third-order valence-electron chi connectivity index (χ3n) is 2.98. The van der Waals surface area contributed by atoms with Crippen molar-refractivity contribution in [2.45, 2.75) is 19.8 Å². The highest BCUT2D eigenvalue weighted by atomic mass is 35.5. The van der Waals surface area contributed by atoms with Crippen LogP contribution in [0.25, 0.3) is 0 Å². The molecule has 0 aliphatic heterocycles. The van der Waals surface area contributed by atoms with E-state index in [1.54, 1.807) is 24.3 Å². The first kappa shape index (κ1) is 11.1. The standard InChI is InChI=1S/C12H12ClNO2/c1-8(15)12(6-7-12)11(16)14-10-5-3-2-4-9(10)13/h2-5H,6-7H2,1H3,(H,14,16). The van der Waals surface area contributed by atoms with Gasteiger partial charge in [-0.2, -0.15) is 0 Å². The van der Waals surface area contributed by atoms with Gasteiger partial charge in [-0.15, -0.1) is 0 Å². The van der Waals surface area contributed by atoms with Gasteiger partial charge in [0.15, 0.2) is 0 Å². The zero-order valence-corrected chi connectivity index (χ0v) is 9.67. The minimum Gasteiger partial charge on any atom is -0.324 e. The molecule has 84 valence electrons. The second-order valence-electron chi connectivity index (χ2n) is 4.07. The highest BCUT2D eigenvalue weighted by Gasteiger charge is 2.54. The monoisotopic (exact) mass is 237 g/mol. The quantitative estimate of drug-likeness (QED) is 0.822. The van der Waals surface area contributed by atoms with E-state index in [2.05, 4.69) is 5.32 Å². The van der Waals surface area contributed by atoms with E-state index in [4.69, 9.17) is 11.6 Å². The molecule has 0 bridgehead atoms. The Bertz CT molecular complexity index is 452. The molecule has 1 aromatic carbocycles. The van der Waals surface area contributed by atoms with Crippen LogP contribution in [0.3, 0.4) is 0 Å². The van der Waals surface area contributed by atoms with E-state index >= 15 is 0 Å². The number of amides is 1. The highest BCUT2D eigenvalue weighted by Crippen LogP contribution is 2.47. The summed E-state index contributed by atoms with van der Waals surface area (Å²) in [5, 5.41) is 3.18. The van der Waals surface area contributed by atoms with Gasteiger partial charge in [0.2, 0.25) is 5.91 Å². The summed E-state index contributed by atoms with van der Waals surface area (Å²) >= 11 is 5.92. The second kappa shape index (κ2) is 3.91. The lowest BCUT2D eigenvalue weighted by molar-refractivity contribution is -0.131. The van der Waals surface area contributed by atoms with E-state index in [1.165, 1.54) is 6.92 Å². The number of ketones is 1. The van der Waals surface area contributed by atoms with Gasteiger partial charge in [-0.1, -0.05) is 23.7 Å². The molecule has 1 fully saturated rings. The van der Waals surface area contributed by atoms with Crippen molar-refractivity contribution >= 4 is 29.0 Å². The Morgan fingerprint density at radius 2 is 1.94 bits per heavy atom. The number of carbonyl (C=O) groups is 2. The number of carbonyl (C=O) groups excluding carboxylic acids is 2. The second-order valence-corrected chi connectivity index (χ2v) is 4.48. The number of anilines is 1. The number of nitrogens with one attached hydrogen (secondary N) is 1. The topological polar surface area (TPSA) is 46.2 Å². The highest BCUT2D eigenvalue weighted by molar-refractivity contribution is 6.34. The number of hydrogen-bond acceptors (Lipinski definition) is 2. The maximum Gasteiger partial charge on any atom is 0.238 e. The average Bonchev–Trinajstić information content (AvgIpc) is 3.02. The van der Waals surface area contributed by atoms with E-state index < -0.39 is 5.41 Å². The molecule has 0 atom stereocenters. The van der Waals surface area contributed by atoms with Gasteiger partial charge in [-0.3, -0.25) is 9.59 Å². The van der Waals surface area contributed by atoms with Crippen LogP contribution in [0.2, 0.25) is 5.02 Å². The molecule has 0 radical (unpaired) electrons. The fourth-order valence-electron chi connectivity index (χ4n) is 1.67. The molecule has 1 aromatic rings. The van der Waals surface area contributed by atoms with Crippen LogP contribution in [0.5, 0.6) is 0 Å². The lowest BCUT2D eigenvalue weighted by Gasteiger charge is -2.12. The third kappa shape index (κ3) is 1.83. The van der Waals surface area contributed by atoms with E-state index in [0.29, 0.717) is 23.6 Å². The van der Waals surface area contributed by atoms with Gasteiger partial charge in [0.05, 0.1) is 10.7 Å². The maximum absolute atomic E-state index is 11.9. The molecule has 1 N–H and O–H groups in total. The molecule has 1 amide bonds. The van der Waals surface area contributed by atoms with Crippen LogP contribution in [0.4, 0.5) is 5.69 Å². The Morgan fingerprint density at radius 1 is 1.31 bits per heavy atom. The first-order valence-corrected chi connectivity index (χ1v) is 5.51. The van der Waals surface area contributed by atoms with Crippen LogP contribution in [-0.2, 0) is 9.59 Å². The lowest BCUT2D eigenvalue weighted by Crippen LogP contribution is -2.29. The van der Waals surface area contributed by atoms with Gasteiger partial charge in [-0.25, -0.2) is 0 Å². The zero-order chi connectivity index (χ0) is 11.8. The summed E-state index contributed by atoms with van der Waals surface area (Å²) in [5.41, 5.74) is -0.235. The Kier molecular flexibility index (Phi) is 2.72. The van der Waals surface area contributed by atoms with Gasteiger partial charge < -0.3 is 5.32 Å². The smallest absolute Gasteiger partial charge is 0.238 e. The summed E-state index contributed by atoms with van der Waals surface area (Å²) in [6.07, 6.45) is 1.28. The Morgan fingerprint density at radius 3 is 2.44 bits per heavy atom. The molecule has 0 heterocycles. The minimum absolute atomic E-state index is 0.0722. The average molecular weight is 238 g/mol. The van der Waals surface area contributed by atoms with Gasteiger partial charge in [-0.05, 0) is 31.9 Å². The van der Waals surface area contributed by atoms with Gasteiger partial charge in [0.1, 0.15) is 11.2 Å². The Hall–Kier alpha value is -1.35. The van der Waals surface area contributed by atoms with Gasteiger partial charge in [0.25, 0.3) is 0 Å². The van der Waals surface area contributed by atoms with E-state index in [-0.39, 0.29) is 11.7 Å². The lowest BCUT2D eigenvalue weighted by atomic mass is 10.0. The molecule has 16 heavy (non-hydrogen) atoms. The molecule has 0 saturated heterocycles. The first-order valence-electron chi connectivity index (χ1n) is 5.13. The molecule has 1 aliphatic rings. The number of Topliss-reactive ketones (excluding diaryl/α,β-unsaturated/α-hetero) is 1. The van der Waals surface area contributed by atoms with Crippen molar-refractivity contribution in [3.05, 3.63) is 29.3 Å². The van der Waals surface area contributed by atoms with Crippen LogP contribution < -0.4 is 5.32 Å². The summed E-state index contributed by atoms with van der Waals surface area (Å²) in [6.45, 7) is 1.46. The zero-order valence-electron chi connectivity index (χ0n) is 8.92. The molecule has 3 nitrogen and oxygen atoms in total. The SMILES string of the molecule is CC(=O)C1(C(=O)Nc2ccccc2Cl)CC1. The predicted molar refractivity (Wildman–Crippen MR) is 62.4 cm³/mol. The van der Waals surface area contributed by atoms with Gasteiger partial charge >= 0.3 is 0 Å². The van der Waals surface area contributed by atoms with Crippen LogP contribution in [0, 0.1) is 5.41 Å². The number of para-hydroxylation sites is 1. The van der Waals surface area contributed by atoms with Crippen molar-refractivity contribution in [3.63, 3.8) is 0 Å². The van der Waals surface area contributed by atoms with E-state index in [0.717, 1.165) is 0 Å². The first-order chi connectivity index (χ1) is 7.56. The third-order valence-corrected chi connectivity index (χ3v) is 3.31. The Labute approximate surface area is 98.8 Å². The summed E-state index contributed by atoms with van der Waals surface area (Å²) in [6, 6.07) is 6.99. The molecular weight excluding hydrogens is 226 g/mol. The molecule has 0 spiro atoms.